The Morgan fingerprint density at radius 2 is 2.29 bits per heavy atom. The summed E-state index contributed by atoms with van der Waals surface area (Å²) in [7, 11) is 1.62. The molecular weight excluding hydrogens is 424 g/mol. The minimum absolute atomic E-state index is 0.0301. The summed E-state index contributed by atoms with van der Waals surface area (Å²) in [6.07, 6.45) is 4.37. The van der Waals surface area contributed by atoms with E-state index in [2.05, 4.69) is 37.0 Å². The monoisotopic (exact) mass is 446 g/mol. The minimum atomic E-state index is -0.149. The zero-order valence-electron chi connectivity index (χ0n) is 17.2. The van der Waals surface area contributed by atoms with Gasteiger partial charge in [-0.15, -0.1) is 5.10 Å². The number of H-pyrrole nitrogens is 1. The number of aryl methyl sites for hydroxylation is 1. The summed E-state index contributed by atoms with van der Waals surface area (Å²) in [5.74, 6) is 0.970. The molecule has 3 aromatic heterocycles. The van der Waals surface area contributed by atoms with Gasteiger partial charge >= 0.3 is 0 Å². The molecule has 0 aliphatic carbocycles. The topological polar surface area (TPSA) is 123 Å². The van der Waals surface area contributed by atoms with Gasteiger partial charge in [0.15, 0.2) is 5.82 Å². The van der Waals surface area contributed by atoms with Gasteiger partial charge in [-0.05, 0) is 13.0 Å². The number of amides is 1. The second-order valence-electron chi connectivity index (χ2n) is 7.05. The lowest BCUT2D eigenvalue weighted by molar-refractivity contribution is -0.125. The molecule has 0 radical (unpaired) electrons. The predicted molar refractivity (Wildman–Crippen MR) is 114 cm³/mol. The molecule has 0 aromatic carbocycles. The van der Waals surface area contributed by atoms with Crippen LogP contribution in [-0.2, 0) is 16.1 Å². The third-order valence-corrected chi connectivity index (χ3v) is 5.41. The first-order valence-corrected chi connectivity index (χ1v) is 10.2. The Morgan fingerprint density at radius 3 is 3.00 bits per heavy atom. The van der Waals surface area contributed by atoms with E-state index < -0.39 is 0 Å². The maximum atomic E-state index is 12.0. The highest BCUT2D eigenvalue weighted by atomic mass is 35.5. The number of anilines is 2. The van der Waals surface area contributed by atoms with E-state index in [4.69, 9.17) is 21.1 Å². The van der Waals surface area contributed by atoms with Crippen molar-refractivity contribution in [1.82, 2.24) is 34.8 Å². The second-order valence-corrected chi connectivity index (χ2v) is 7.46. The van der Waals surface area contributed by atoms with Crippen molar-refractivity contribution in [3.8, 4) is 5.88 Å². The van der Waals surface area contributed by atoms with Crippen molar-refractivity contribution < 1.29 is 14.3 Å². The van der Waals surface area contributed by atoms with Gasteiger partial charge in [-0.2, -0.15) is 19.9 Å². The summed E-state index contributed by atoms with van der Waals surface area (Å²) in [5, 5.41) is 12.5. The number of likely N-dealkylation sites (tertiary alicyclic amines) is 1. The van der Waals surface area contributed by atoms with Gasteiger partial charge in [-0.1, -0.05) is 18.2 Å². The Bertz CT molecular complexity index is 1100. The molecule has 2 atom stereocenters. The van der Waals surface area contributed by atoms with Crippen molar-refractivity contribution >= 4 is 40.3 Å². The van der Waals surface area contributed by atoms with Crippen LogP contribution in [0.5, 0.6) is 5.88 Å². The fraction of sp³-hybridized carbons (Fsp3) is 0.421. The predicted octanol–water partition coefficient (Wildman–Crippen LogP) is 2.00. The Morgan fingerprint density at radius 1 is 1.45 bits per heavy atom. The van der Waals surface area contributed by atoms with E-state index in [0.29, 0.717) is 59.9 Å². The molecule has 4 rings (SSSR count). The summed E-state index contributed by atoms with van der Waals surface area (Å²) in [6.45, 7) is 7.42. The van der Waals surface area contributed by atoms with E-state index in [1.54, 1.807) is 29.2 Å². The molecule has 0 spiro atoms. The average molecular weight is 447 g/mol. The third-order valence-electron chi connectivity index (χ3n) is 5.11. The number of ether oxygens (including phenoxy) is 2. The van der Waals surface area contributed by atoms with E-state index >= 15 is 0 Å². The van der Waals surface area contributed by atoms with Crippen molar-refractivity contribution in [2.75, 3.05) is 32.1 Å². The lowest BCUT2D eigenvalue weighted by Crippen LogP contribution is -2.28. The lowest BCUT2D eigenvalue weighted by atomic mass is 10.1. The first-order chi connectivity index (χ1) is 15.0. The smallest absolute Gasteiger partial charge is 0.246 e. The number of aromatic nitrogens is 6. The first-order valence-electron chi connectivity index (χ1n) is 9.81. The summed E-state index contributed by atoms with van der Waals surface area (Å²) in [5.41, 5.74) is 0.526. The van der Waals surface area contributed by atoms with Gasteiger partial charge in [0.05, 0.1) is 35.9 Å². The van der Waals surface area contributed by atoms with Crippen LogP contribution in [0.1, 0.15) is 6.92 Å². The van der Waals surface area contributed by atoms with Gasteiger partial charge in [0, 0.05) is 32.3 Å². The third kappa shape index (κ3) is 4.32. The number of halogens is 1. The summed E-state index contributed by atoms with van der Waals surface area (Å²) in [6, 6.07) is 0. The summed E-state index contributed by atoms with van der Waals surface area (Å²) < 4.78 is 11.6. The maximum Gasteiger partial charge on any atom is 0.246 e. The van der Waals surface area contributed by atoms with Crippen molar-refractivity contribution in [3.63, 3.8) is 0 Å². The van der Waals surface area contributed by atoms with Crippen molar-refractivity contribution in [2.45, 2.75) is 19.6 Å². The van der Waals surface area contributed by atoms with Gasteiger partial charge in [-0.3, -0.25) is 4.79 Å². The Hall–Kier alpha value is -3.18. The molecule has 1 aliphatic rings. The van der Waals surface area contributed by atoms with Crippen LogP contribution < -0.4 is 10.1 Å². The number of nitrogens with one attached hydrogen (secondary N) is 2. The van der Waals surface area contributed by atoms with Gasteiger partial charge in [0.2, 0.25) is 17.7 Å². The Labute approximate surface area is 183 Å². The number of carbonyl (C=O) groups is 1. The highest BCUT2D eigenvalue weighted by Crippen LogP contribution is 2.32. The zero-order chi connectivity index (χ0) is 22.0. The molecule has 0 saturated carbocycles. The maximum absolute atomic E-state index is 12.0. The normalized spacial score (nSPS) is 18.5. The molecule has 4 heterocycles. The summed E-state index contributed by atoms with van der Waals surface area (Å²) >= 11 is 6.32. The molecule has 11 nitrogen and oxygen atoms in total. The first kappa shape index (κ1) is 21.1. The van der Waals surface area contributed by atoms with Gasteiger partial charge in [-0.25, -0.2) is 0 Å². The standard InChI is InChI=1S/C19H23ClN8O3/c1-4-15(29)27-8-11(13(9-27)30-3)10-31-18-16-12(20)6-21-17(16)24-19(25-18)23-14-7-22-28(5-2)26-14/h4,6-7,11,13H,1,5,8-10H2,2-3H3,(H2,21,23,24,25,26)/t11-,13+/m1/s1. The van der Waals surface area contributed by atoms with Crippen LogP contribution in [0.2, 0.25) is 5.02 Å². The fourth-order valence-electron chi connectivity index (χ4n) is 3.51. The van der Waals surface area contributed by atoms with Crippen LogP contribution >= 0.6 is 11.6 Å². The molecule has 1 aliphatic heterocycles. The fourth-order valence-corrected chi connectivity index (χ4v) is 3.73. The van der Waals surface area contributed by atoms with Crippen molar-refractivity contribution in [2.24, 2.45) is 5.92 Å². The van der Waals surface area contributed by atoms with Gasteiger partial charge < -0.3 is 24.7 Å². The van der Waals surface area contributed by atoms with Crippen LogP contribution in [0.15, 0.2) is 25.0 Å². The largest absolute Gasteiger partial charge is 0.477 e. The summed E-state index contributed by atoms with van der Waals surface area (Å²) in [4.78, 5) is 27.1. The molecule has 1 fully saturated rings. The number of aromatic amines is 1. The molecular formula is C19H23ClN8O3. The van der Waals surface area contributed by atoms with Crippen LogP contribution in [0.25, 0.3) is 11.0 Å². The van der Waals surface area contributed by atoms with E-state index in [1.807, 2.05) is 6.92 Å². The molecule has 0 bridgehead atoms. The van der Waals surface area contributed by atoms with Crippen LogP contribution in [0, 0.1) is 5.92 Å². The van der Waals surface area contributed by atoms with Crippen LogP contribution in [-0.4, -0.2) is 73.7 Å². The highest BCUT2D eigenvalue weighted by molar-refractivity contribution is 6.35. The molecule has 3 aromatic rings. The van der Waals surface area contributed by atoms with Gasteiger partial charge in [0.1, 0.15) is 5.65 Å². The highest BCUT2D eigenvalue weighted by Gasteiger charge is 2.35. The van der Waals surface area contributed by atoms with E-state index in [-0.39, 0.29) is 17.9 Å². The molecule has 31 heavy (non-hydrogen) atoms. The number of hydrogen-bond acceptors (Lipinski definition) is 8. The van der Waals surface area contributed by atoms with Crippen molar-refractivity contribution in [1.29, 1.82) is 0 Å². The number of methoxy groups -OCH3 is 1. The molecule has 164 valence electrons. The Kier molecular flexibility index (Phi) is 6.05. The zero-order valence-corrected chi connectivity index (χ0v) is 18.0. The average Bonchev–Trinajstić information content (AvgIpc) is 3.50. The number of fused-ring (bicyclic) bond motifs is 1. The SMILES string of the molecule is C=CC(=O)N1C[C@H](COc2nc(Nc3cnn(CC)n3)nc3[nH]cc(Cl)c23)[C@@H](OC)C1. The van der Waals surface area contributed by atoms with E-state index in [1.165, 1.54) is 6.08 Å². The van der Waals surface area contributed by atoms with E-state index in [0.717, 1.165) is 0 Å². The minimum Gasteiger partial charge on any atom is -0.477 e. The number of carbonyl (C=O) groups excluding carboxylic acids is 1. The Balaban J connectivity index is 1.55. The van der Waals surface area contributed by atoms with Gasteiger partial charge in [0.25, 0.3) is 0 Å². The van der Waals surface area contributed by atoms with Crippen LogP contribution in [0.3, 0.4) is 0 Å². The molecule has 1 amide bonds. The molecule has 0 unspecified atom stereocenters. The molecule has 2 N–H and O–H groups in total. The number of rotatable bonds is 8. The van der Waals surface area contributed by atoms with E-state index in [9.17, 15) is 4.79 Å². The van der Waals surface area contributed by atoms with Crippen LogP contribution in [0.4, 0.5) is 11.8 Å². The molecule has 12 heteroatoms. The van der Waals surface area contributed by atoms with Crippen molar-refractivity contribution in [3.05, 3.63) is 30.1 Å². The quantitative estimate of drug-likeness (QED) is 0.503. The number of nitrogens with zero attached hydrogens (tertiary/aromatic N) is 6. The number of hydrogen-bond donors (Lipinski definition) is 2. The lowest BCUT2D eigenvalue weighted by Gasteiger charge is -2.17. The second kappa shape index (κ2) is 8.90. The molecule has 1 saturated heterocycles.